The first kappa shape index (κ1) is 17.1. The van der Waals surface area contributed by atoms with Gasteiger partial charge in [-0.05, 0) is 49.2 Å². The summed E-state index contributed by atoms with van der Waals surface area (Å²) < 4.78 is 6.47. The SMILES string of the molecule is CC(=O)Nc1ccc(OC(=O)CCCc2nc3ccccc3s2)cc1. The second-order valence-corrected chi connectivity index (χ2v) is 6.72. The van der Waals surface area contributed by atoms with Crippen LogP contribution in [0, 0.1) is 0 Å². The highest BCUT2D eigenvalue weighted by atomic mass is 32.1. The maximum Gasteiger partial charge on any atom is 0.311 e. The van der Waals surface area contributed by atoms with E-state index in [9.17, 15) is 9.59 Å². The molecule has 1 aromatic heterocycles. The molecular formula is C19H18N2O3S. The zero-order chi connectivity index (χ0) is 17.6. The van der Waals surface area contributed by atoms with Crippen molar-refractivity contribution in [2.75, 3.05) is 5.32 Å². The molecule has 128 valence electrons. The first-order valence-electron chi connectivity index (χ1n) is 8.03. The number of hydrogen-bond acceptors (Lipinski definition) is 5. The predicted molar refractivity (Wildman–Crippen MR) is 98.9 cm³/mol. The number of rotatable bonds is 6. The summed E-state index contributed by atoms with van der Waals surface area (Å²) in [6.45, 7) is 1.44. The van der Waals surface area contributed by atoms with Crippen molar-refractivity contribution in [2.24, 2.45) is 0 Å². The molecule has 2 aromatic carbocycles. The highest BCUT2D eigenvalue weighted by Gasteiger charge is 2.08. The molecule has 25 heavy (non-hydrogen) atoms. The maximum absolute atomic E-state index is 11.9. The van der Waals surface area contributed by atoms with Crippen molar-refractivity contribution < 1.29 is 14.3 Å². The number of anilines is 1. The van der Waals surface area contributed by atoms with Gasteiger partial charge >= 0.3 is 5.97 Å². The quantitative estimate of drug-likeness (QED) is 0.532. The van der Waals surface area contributed by atoms with Crippen LogP contribution in [0.25, 0.3) is 10.2 Å². The third-order valence-electron chi connectivity index (χ3n) is 3.52. The number of nitrogens with one attached hydrogen (secondary N) is 1. The van der Waals surface area contributed by atoms with Gasteiger partial charge in [-0.2, -0.15) is 0 Å². The highest BCUT2D eigenvalue weighted by molar-refractivity contribution is 7.18. The molecule has 0 aliphatic heterocycles. The van der Waals surface area contributed by atoms with Crippen LogP contribution in [-0.4, -0.2) is 16.9 Å². The minimum Gasteiger partial charge on any atom is -0.427 e. The van der Waals surface area contributed by atoms with E-state index in [1.165, 1.54) is 11.6 Å². The standard InChI is InChI=1S/C19H18N2O3S/c1-13(22)20-14-9-11-15(12-10-14)24-19(23)8-4-7-18-21-16-5-2-3-6-17(16)25-18/h2-3,5-6,9-12H,4,7-8H2,1H3,(H,20,22). The van der Waals surface area contributed by atoms with Crippen molar-refractivity contribution in [1.82, 2.24) is 4.98 Å². The van der Waals surface area contributed by atoms with Crippen LogP contribution in [0.15, 0.2) is 48.5 Å². The lowest BCUT2D eigenvalue weighted by molar-refractivity contribution is -0.134. The Labute approximate surface area is 149 Å². The second kappa shape index (κ2) is 7.90. The molecule has 0 saturated carbocycles. The number of carbonyl (C=O) groups is 2. The summed E-state index contributed by atoms with van der Waals surface area (Å²) in [7, 11) is 0. The molecule has 0 atom stereocenters. The van der Waals surface area contributed by atoms with E-state index in [2.05, 4.69) is 16.4 Å². The number of aryl methyl sites for hydroxylation is 1. The lowest BCUT2D eigenvalue weighted by Crippen LogP contribution is -2.08. The van der Waals surface area contributed by atoms with Crippen molar-refractivity contribution in [2.45, 2.75) is 26.2 Å². The number of aromatic nitrogens is 1. The average molecular weight is 354 g/mol. The molecule has 1 N–H and O–H groups in total. The number of ether oxygens (including phenoxy) is 1. The van der Waals surface area contributed by atoms with Gasteiger partial charge in [-0.1, -0.05) is 12.1 Å². The number of hydrogen-bond donors (Lipinski definition) is 1. The van der Waals surface area contributed by atoms with Gasteiger partial charge in [0.1, 0.15) is 5.75 Å². The first-order valence-corrected chi connectivity index (χ1v) is 8.84. The number of carbonyl (C=O) groups excluding carboxylic acids is 2. The van der Waals surface area contributed by atoms with Crippen LogP contribution in [0.2, 0.25) is 0 Å². The van der Waals surface area contributed by atoms with Crippen LogP contribution in [-0.2, 0) is 16.0 Å². The van der Waals surface area contributed by atoms with Crippen LogP contribution in [0.5, 0.6) is 5.75 Å². The van der Waals surface area contributed by atoms with Gasteiger partial charge in [0.05, 0.1) is 15.2 Å². The Morgan fingerprint density at radius 1 is 1.12 bits per heavy atom. The molecule has 0 aliphatic carbocycles. The molecule has 0 unspecified atom stereocenters. The van der Waals surface area contributed by atoms with Gasteiger partial charge in [0.2, 0.25) is 5.91 Å². The van der Waals surface area contributed by atoms with Gasteiger partial charge < -0.3 is 10.1 Å². The van der Waals surface area contributed by atoms with E-state index in [4.69, 9.17) is 4.74 Å². The summed E-state index contributed by atoms with van der Waals surface area (Å²) in [4.78, 5) is 27.5. The van der Waals surface area contributed by atoms with Gasteiger partial charge in [0.25, 0.3) is 0 Å². The Hall–Kier alpha value is -2.73. The lowest BCUT2D eigenvalue weighted by atomic mass is 10.2. The van der Waals surface area contributed by atoms with Crippen LogP contribution in [0.3, 0.4) is 0 Å². The van der Waals surface area contributed by atoms with Crippen LogP contribution < -0.4 is 10.1 Å². The Bertz CT molecular complexity index is 854. The van der Waals surface area contributed by atoms with Gasteiger partial charge in [-0.15, -0.1) is 11.3 Å². The average Bonchev–Trinajstić information content (AvgIpc) is 2.99. The molecule has 1 heterocycles. The molecule has 0 spiro atoms. The normalized spacial score (nSPS) is 10.6. The fraction of sp³-hybridized carbons (Fsp3) is 0.211. The van der Waals surface area contributed by atoms with Crippen LogP contribution in [0.4, 0.5) is 5.69 Å². The van der Waals surface area contributed by atoms with Crippen LogP contribution in [0.1, 0.15) is 24.8 Å². The third kappa shape index (κ3) is 4.87. The zero-order valence-corrected chi connectivity index (χ0v) is 14.6. The van der Waals surface area contributed by atoms with Crippen molar-refractivity contribution in [1.29, 1.82) is 0 Å². The van der Waals surface area contributed by atoms with Gasteiger partial charge in [0, 0.05) is 19.0 Å². The smallest absolute Gasteiger partial charge is 0.311 e. The molecule has 0 bridgehead atoms. The number of amides is 1. The van der Waals surface area contributed by atoms with Crippen molar-refractivity contribution in [3.63, 3.8) is 0 Å². The van der Waals surface area contributed by atoms with Crippen molar-refractivity contribution in [3.05, 3.63) is 53.5 Å². The van der Waals surface area contributed by atoms with Crippen molar-refractivity contribution in [3.8, 4) is 5.75 Å². The zero-order valence-electron chi connectivity index (χ0n) is 13.8. The monoisotopic (exact) mass is 354 g/mol. The van der Waals surface area contributed by atoms with Gasteiger partial charge in [0.15, 0.2) is 0 Å². The molecule has 6 heteroatoms. The Morgan fingerprint density at radius 3 is 2.60 bits per heavy atom. The Morgan fingerprint density at radius 2 is 1.88 bits per heavy atom. The number of benzene rings is 2. The summed E-state index contributed by atoms with van der Waals surface area (Å²) in [6, 6.07) is 14.7. The second-order valence-electron chi connectivity index (χ2n) is 5.61. The van der Waals surface area contributed by atoms with Gasteiger partial charge in [-0.25, -0.2) is 4.98 Å². The molecule has 3 rings (SSSR count). The molecule has 0 radical (unpaired) electrons. The van der Waals surface area contributed by atoms with Crippen LogP contribution >= 0.6 is 11.3 Å². The highest BCUT2D eigenvalue weighted by Crippen LogP contribution is 2.23. The number of esters is 1. The summed E-state index contributed by atoms with van der Waals surface area (Å²) in [5.41, 5.74) is 1.67. The van der Waals surface area contributed by atoms with E-state index in [0.29, 0.717) is 24.3 Å². The largest absolute Gasteiger partial charge is 0.427 e. The third-order valence-corrected chi connectivity index (χ3v) is 4.61. The predicted octanol–water partition coefficient (Wildman–Crippen LogP) is 4.18. The minimum atomic E-state index is -0.270. The summed E-state index contributed by atoms with van der Waals surface area (Å²) >= 11 is 1.66. The van der Waals surface area contributed by atoms with E-state index >= 15 is 0 Å². The minimum absolute atomic E-state index is 0.139. The van der Waals surface area contributed by atoms with E-state index in [1.54, 1.807) is 35.6 Å². The molecular weight excluding hydrogens is 336 g/mol. The summed E-state index contributed by atoms with van der Waals surface area (Å²) in [6.07, 6.45) is 1.79. The van der Waals surface area contributed by atoms with Gasteiger partial charge in [-0.3, -0.25) is 9.59 Å². The van der Waals surface area contributed by atoms with E-state index < -0.39 is 0 Å². The molecule has 0 aliphatic rings. The molecule has 5 nitrogen and oxygen atoms in total. The molecule has 0 fully saturated rings. The topological polar surface area (TPSA) is 68.3 Å². The molecule has 1 amide bonds. The molecule has 3 aromatic rings. The molecule has 0 saturated heterocycles. The lowest BCUT2D eigenvalue weighted by Gasteiger charge is -2.06. The summed E-state index contributed by atoms with van der Waals surface area (Å²) in [5, 5.41) is 3.70. The van der Waals surface area contributed by atoms with E-state index in [0.717, 1.165) is 16.9 Å². The first-order chi connectivity index (χ1) is 12.1. The number of nitrogens with zero attached hydrogens (tertiary/aromatic N) is 1. The number of fused-ring (bicyclic) bond motifs is 1. The summed E-state index contributed by atoms with van der Waals surface area (Å²) in [5.74, 6) is 0.0621. The fourth-order valence-corrected chi connectivity index (χ4v) is 3.41. The number of para-hydroxylation sites is 1. The maximum atomic E-state index is 11.9. The Kier molecular flexibility index (Phi) is 5.40. The van der Waals surface area contributed by atoms with Crippen molar-refractivity contribution >= 4 is 39.1 Å². The van der Waals surface area contributed by atoms with E-state index in [1.807, 2.05) is 18.2 Å². The Balaban J connectivity index is 1.46. The van der Waals surface area contributed by atoms with E-state index in [-0.39, 0.29) is 11.9 Å². The number of thiazole rings is 1. The fourth-order valence-electron chi connectivity index (χ4n) is 2.40.